The molecule has 0 saturated heterocycles. The van der Waals surface area contributed by atoms with E-state index >= 15 is 0 Å². The summed E-state index contributed by atoms with van der Waals surface area (Å²) in [7, 11) is 0. The average Bonchev–Trinajstić information content (AvgIpc) is 2.98. The number of hydrogen-bond acceptors (Lipinski definition) is 5. The SMILES string of the molecule is Cc1ccc(-c2nc(-c3cccc(C(=O)O)c3)no2)cn1. The van der Waals surface area contributed by atoms with Crippen LogP contribution in [0.25, 0.3) is 22.8 Å². The van der Waals surface area contributed by atoms with E-state index < -0.39 is 5.97 Å². The Labute approximate surface area is 120 Å². The van der Waals surface area contributed by atoms with E-state index in [9.17, 15) is 4.79 Å². The molecular formula is C15H11N3O3. The third kappa shape index (κ3) is 2.64. The van der Waals surface area contributed by atoms with Crippen molar-refractivity contribution in [3.05, 3.63) is 53.9 Å². The van der Waals surface area contributed by atoms with Gasteiger partial charge < -0.3 is 9.63 Å². The van der Waals surface area contributed by atoms with Crippen molar-refractivity contribution in [1.29, 1.82) is 0 Å². The lowest BCUT2D eigenvalue weighted by Gasteiger charge is -1.97. The molecule has 0 atom stereocenters. The summed E-state index contributed by atoms with van der Waals surface area (Å²) < 4.78 is 5.20. The third-order valence-corrected chi connectivity index (χ3v) is 2.95. The van der Waals surface area contributed by atoms with Gasteiger partial charge in [0, 0.05) is 17.5 Å². The highest BCUT2D eigenvalue weighted by Gasteiger charge is 2.12. The molecule has 6 heteroatoms. The largest absolute Gasteiger partial charge is 0.478 e. The molecule has 0 aliphatic heterocycles. The molecule has 0 aliphatic rings. The molecule has 0 amide bonds. The fourth-order valence-electron chi connectivity index (χ4n) is 1.84. The van der Waals surface area contributed by atoms with Gasteiger partial charge in [-0.2, -0.15) is 4.98 Å². The summed E-state index contributed by atoms with van der Waals surface area (Å²) in [6.45, 7) is 1.89. The van der Waals surface area contributed by atoms with Crippen LogP contribution in [0.15, 0.2) is 47.1 Å². The summed E-state index contributed by atoms with van der Waals surface area (Å²) in [6.07, 6.45) is 1.65. The molecule has 6 nitrogen and oxygen atoms in total. The second-order valence-corrected chi connectivity index (χ2v) is 4.50. The number of hydrogen-bond donors (Lipinski definition) is 1. The summed E-state index contributed by atoms with van der Waals surface area (Å²) in [5.41, 5.74) is 2.38. The van der Waals surface area contributed by atoms with Gasteiger partial charge in [-0.15, -0.1) is 0 Å². The van der Waals surface area contributed by atoms with Gasteiger partial charge in [0.1, 0.15) is 0 Å². The molecule has 3 aromatic rings. The lowest BCUT2D eigenvalue weighted by atomic mass is 10.1. The number of rotatable bonds is 3. The van der Waals surface area contributed by atoms with Crippen LogP contribution in [0.1, 0.15) is 16.1 Å². The minimum absolute atomic E-state index is 0.177. The number of aromatic carboxylic acids is 1. The van der Waals surface area contributed by atoms with Crippen molar-refractivity contribution in [3.63, 3.8) is 0 Å². The number of aromatic nitrogens is 3. The first-order valence-corrected chi connectivity index (χ1v) is 6.24. The van der Waals surface area contributed by atoms with E-state index in [1.807, 2.05) is 19.1 Å². The number of nitrogens with zero attached hydrogens (tertiary/aromatic N) is 3. The minimum atomic E-state index is -0.997. The molecule has 104 valence electrons. The zero-order valence-corrected chi connectivity index (χ0v) is 11.1. The zero-order valence-electron chi connectivity index (χ0n) is 11.1. The van der Waals surface area contributed by atoms with E-state index in [4.69, 9.17) is 9.63 Å². The molecule has 1 N–H and O–H groups in total. The summed E-state index contributed by atoms with van der Waals surface area (Å²) >= 11 is 0. The van der Waals surface area contributed by atoms with Crippen LogP contribution in [0.5, 0.6) is 0 Å². The van der Waals surface area contributed by atoms with E-state index in [1.54, 1.807) is 18.3 Å². The highest BCUT2D eigenvalue weighted by Crippen LogP contribution is 2.22. The molecule has 0 saturated carbocycles. The van der Waals surface area contributed by atoms with Gasteiger partial charge in [-0.3, -0.25) is 4.98 Å². The average molecular weight is 281 g/mol. The summed E-state index contributed by atoms with van der Waals surface area (Å²) in [5, 5.41) is 12.9. The van der Waals surface area contributed by atoms with Gasteiger partial charge >= 0.3 is 5.97 Å². The van der Waals surface area contributed by atoms with Crippen molar-refractivity contribution in [1.82, 2.24) is 15.1 Å². The van der Waals surface area contributed by atoms with Crippen molar-refractivity contribution < 1.29 is 14.4 Å². The molecule has 0 bridgehead atoms. The standard InChI is InChI=1S/C15H11N3O3/c1-9-5-6-12(8-16-9)14-17-13(18-21-14)10-3-2-4-11(7-10)15(19)20/h2-8H,1H3,(H,19,20). The molecule has 0 fully saturated rings. The van der Waals surface area contributed by atoms with Crippen LogP contribution in [-0.2, 0) is 0 Å². The molecule has 0 radical (unpaired) electrons. The monoisotopic (exact) mass is 281 g/mol. The maximum atomic E-state index is 11.0. The highest BCUT2D eigenvalue weighted by atomic mass is 16.5. The number of carboxylic acids is 1. The molecule has 2 heterocycles. The highest BCUT2D eigenvalue weighted by molar-refractivity contribution is 5.89. The number of pyridine rings is 1. The van der Waals surface area contributed by atoms with E-state index in [0.717, 1.165) is 5.69 Å². The molecule has 0 aliphatic carbocycles. The van der Waals surface area contributed by atoms with Gasteiger partial charge in [-0.05, 0) is 31.2 Å². The maximum absolute atomic E-state index is 11.0. The number of aryl methyl sites for hydroxylation is 1. The lowest BCUT2D eigenvalue weighted by Crippen LogP contribution is -1.96. The Morgan fingerprint density at radius 3 is 2.76 bits per heavy atom. The third-order valence-electron chi connectivity index (χ3n) is 2.95. The number of carbonyl (C=O) groups is 1. The number of carboxylic acid groups (broad SMARTS) is 1. The van der Waals surface area contributed by atoms with Crippen molar-refractivity contribution in [3.8, 4) is 22.8 Å². The fraction of sp³-hybridized carbons (Fsp3) is 0.0667. The maximum Gasteiger partial charge on any atom is 0.335 e. The topological polar surface area (TPSA) is 89.1 Å². The van der Waals surface area contributed by atoms with Gasteiger partial charge in [-0.25, -0.2) is 4.79 Å². The van der Waals surface area contributed by atoms with Gasteiger partial charge in [0.05, 0.1) is 11.1 Å². The second-order valence-electron chi connectivity index (χ2n) is 4.50. The second kappa shape index (κ2) is 5.16. The minimum Gasteiger partial charge on any atom is -0.478 e. The Balaban J connectivity index is 1.96. The number of benzene rings is 1. The van der Waals surface area contributed by atoms with E-state index in [1.165, 1.54) is 12.1 Å². The fourth-order valence-corrected chi connectivity index (χ4v) is 1.84. The van der Waals surface area contributed by atoms with Crippen molar-refractivity contribution in [2.75, 3.05) is 0 Å². The summed E-state index contributed by atoms with van der Waals surface area (Å²) in [4.78, 5) is 19.4. The van der Waals surface area contributed by atoms with E-state index in [0.29, 0.717) is 22.8 Å². The molecular weight excluding hydrogens is 270 g/mol. The lowest BCUT2D eigenvalue weighted by molar-refractivity contribution is 0.0697. The first-order valence-electron chi connectivity index (χ1n) is 6.24. The molecule has 0 spiro atoms. The molecule has 3 rings (SSSR count). The Morgan fingerprint density at radius 1 is 1.19 bits per heavy atom. The predicted octanol–water partition coefficient (Wildman–Crippen LogP) is 2.81. The first kappa shape index (κ1) is 13.0. The van der Waals surface area contributed by atoms with Crippen LogP contribution in [0.2, 0.25) is 0 Å². The normalized spacial score (nSPS) is 10.5. The summed E-state index contributed by atoms with van der Waals surface area (Å²) in [6, 6.07) is 10.1. The Kier molecular flexibility index (Phi) is 3.19. The van der Waals surface area contributed by atoms with Crippen LogP contribution in [0, 0.1) is 6.92 Å². The van der Waals surface area contributed by atoms with Gasteiger partial charge in [0.25, 0.3) is 5.89 Å². The predicted molar refractivity (Wildman–Crippen MR) is 74.7 cm³/mol. The molecule has 21 heavy (non-hydrogen) atoms. The first-order chi connectivity index (χ1) is 10.1. The van der Waals surface area contributed by atoms with Gasteiger partial charge in [0.2, 0.25) is 5.82 Å². The van der Waals surface area contributed by atoms with Crippen LogP contribution >= 0.6 is 0 Å². The Morgan fingerprint density at radius 2 is 2.05 bits per heavy atom. The van der Waals surface area contributed by atoms with Crippen LogP contribution in [0.4, 0.5) is 0 Å². The van der Waals surface area contributed by atoms with Gasteiger partial charge in [-0.1, -0.05) is 17.3 Å². The summed E-state index contributed by atoms with van der Waals surface area (Å²) in [5.74, 6) is -0.310. The van der Waals surface area contributed by atoms with Crippen molar-refractivity contribution in [2.45, 2.75) is 6.92 Å². The van der Waals surface area contributed by atoms with Crippen LogP contribution in [0.3, 0.4) is 0 Å². The molecule has 2 aromatic heterocycles. The van der Waals surface area contributed by atoms with Crippen LogP contribution in [-0.4, -0.2) is 26.2 Å². The molecule has 1 aromatic carbocycles. The zero-order chi connectivity index (χ0) is 14.8. The van der Waals surface area contributed by atoms with Crippen molar-refractivity contribution >= 4 is 5.97 Å². The quantitative estimate of drug-likeness (QED) is 0.794. The van der Waals surface area contributed by atoms with Crippen LogP contribution < -0.4 is 0 Å². The Hall–Kier alpha value is -3.02. The smallest absolute Gasteiger partial charge is 0.335 e. The van der Waals surface area contributed by atoms with E-state index in [2.05, 4.69) is 15.1 Å². The molecule has 0 unspecified atom stereocenters. The van der Waals surface area contributed by atoms with Crippen molar-refractivity contribution in [2.24, 2.45) is 0 Å². The van der Waals surface area contributed by atoms with Gasteiger partial charge in [0.15, 0.2) is 0 Å². The van der Waals surface area contributed by atoms with E-state index in [-0.39, 0.29) is 5.56 Å². The Bertz CT molecular complexity index is 794.